The maximum atomic E-state index is 13.2. The number of halogens is 1. The Morgan fingerprint density at radius 3 is 2.72 bits per heavy atom. The standard InChI is InChI=1S/C20H21FN2OS/c21-16-8-6-15(7-9-16)12-20(14-24)10-3-11-23(13-20)19-22-17-4-1-2-5-18(17)25-19/h1-2,4-9,24H,3,10-14H2/t20-/m1/s1. The Labute approximate surface area is 150 Å². The van der Waals surface area contributed by atoms with Gasteiger partial charge in [0.05, 0.1) is 16.8 Å². The van der Waals surface area contributed by atoms with Crippen molar-refractivity contribution < 1.29 is 9.50 Å². The molecule has 1 aromatic heterocycles. The maximum Gasteiger partial charge on any atom is 0.186 e. The van der Waals surface area contributed by atoms with Crippen molar-refractivity contribution in [3.05, 3.63) is 59.9 Å². The van der Waals surface area contributed by atoms with Gasteiger partial charge in [-0.1, -0.05) is 35.6 Å². The number of piperidine rings is 1. The second-order valence-corrected chi connectivity index (χ2v) is 7.96. The van der Waals surface area contributed by atoms with Crippen molar-refractivity contribution in [2.45, 2.75) is 19.3 Å². The van der Waals surface area contributed by atoms with Crippen molar-refractivity contribution in [2.75, 3.05) is 24.6 Å². The van der Waals surface area contributed by atoms with Crippen LogP contribution in [-0.4, -0.2) is 29.8 Å². The van der Waals surface area contributed by atoms with Crippen molar-refractivity contribution in [1.82, 2.24) is 4.98 Å². The first-order valence-electron chi connectivity index (χ1n) is 8.63. The van der Waals surface area contributed by atoms with Crippen LogP contribution in [0.15, 0.2) is 48.5 Å². The zero-order chi connectivity index (χ0) is 17.3. The molecule has 1 saturated heterocycles. The summed E-state index contributed by atoms with van der Waals surface area (Å²) in [6, 6.07) is 14.8. The van der Waals surface area contributed by atoms with Crippen LogP contribution in [0.25, 0.3) is 10.2 Å². The number of rotatable bonds is 4. The van der Waals surface area contributed by atoms with Crippen molar-refractivity contribution in [2.24, 2.45) is 5.41 Å². The normalized spacial score (nSPS) is 21.0. The molecule has 130 valence electrons. The van der Waals surface area contributed by atoms with E-state index < -0.39 is 0 Å². The highest BCUT2D eigenvalue weighted by Crippen LogP contribution is 2.38. The molecule has 0 radical (unpaired) electrons. The third kappa shape index (κ3) is 3.39. The molecule has 2 heterocycles. The molecule has 2 aromatic carbocycles. The van der Waals surface area contributed by atoms with E-state index >= 15 is 0 Å². The van der Waals surface area contributed by atoms with Gasteiger partial charge in [-0.3, -0.25) is 0 Å². The lowest BCUT2D eigenvalue weighted by Gasteiger charge is -2.42. The van der Waals surface area contributed by atoms with Gasteiger partial charge in [0.25, 0.3) is 0 Å². The summed E-state index contributed by atoms with van der Waals surface area (Å²) < 4.78 is 14.4. The van der Waals surface area contributed by atoms with Crippen LogP contribution in [0.4, 0.5) is 9.52 Å². The summed E-state index contributed by atoms with van der Waals surface area (Å²) in [4.78, 5) is 7.07. The zero-order valence-electron chi connectivity index (χ0n) is 14.0. The first-order chi connectivity index (χ1) is 12.2. The Morgan fingerprint density at radius 1 is 1.16 bits per heavy atom. The number of hydrogen-bond donors (Lipinski definition) is 1. The van der Waals surface area contributed by atoms with E-state index in [2.05, 4.69) is 11.0 Å². The molecular weight excluding hydrogens is 335 g/mol. The Morgan fingerprint density at radius 2 is 1.96 bits per heavy atom. The number of thiazole rings is 1. The second kappa shape index (κ2) is 6.73. The molecule has 3 nitrogen and oxygen atoms in total. The molecule has 0 bridgehead atoms. The number of aliphatic hydroxyl groups is 1. The van der Waals surface area contributed by atoms with Crippen LogP contribution in [-0.2, 0) is 6.42 Å². The van der Waals surface area contributed by atoms with Crippen LogP contribution in [0.3, 0.4) is 0 Å². The second-order valence-electron chi connectivity index (χ2n) is 6.95. The van der Waals surface area contributed by atoms with Crippen molar-refractivity contribution >= 4 is 26.7 Å². The third-order valence-electron chi connectivity index (χ3n) is 5.04. The van der Waals surface area contributed by atoms with Crippen LogP contribution >= 0.6 is 11.3 Å². The van der Waals surface area contributed by atoms with Crippen molar-refractivity contribution in [3.63, 3.8) is 0 Å². The molecule has 0 unspecified atom stereocenters. The van der Waals surface area contributed by atoms with Gasteiger partial charge in [-0.2, -0.15) is 0 Å². The smallest absolute Gasteiger partial charge is 0.186 e. The maximum absolute atomic E-state index is 13.2. The summed E-state index contributed by atoms with van der Waals surface area (Å²) in [5.74, 6) is -0.221. The SMILES string of the molecule is OC[C@@]1(Cc2ccc(F)cc2)CCCN(c2nc3ccccc3s2)C1. The van der Waals surface area contributed by atoms with Gasteiger partial charge >= 0.3 is 0 Å². The van der Waals surface area contributed by atoms with Crippen molar-refractivity contribution in [3.8, 4) is 0 Å². The van der Waals surface area contributed by atoms with E-state index in [0.717, 1.165) is 48.6 Å². The molecule has 0 spiro atoms. The number of aromatic nitrogens is 1. The Hall–Kier alpha value is -1.98. The molecule has 1 fully saturated rings. The monoisotopic (exact) mass is 356 g/mol. The van der Waals surface area contributed by atoms with Crippen LogP contribution in [0.5, 0.6) is 0 Å². The fraction of sp³-hybridized carbons (Fsp3) is 0.350. The predicted octanol–water partition coefficient (Wildman–Crippen LogP) is 4.26. The van der Waals surface area contributed by atoms with E-state index in [4.69, 9.17) is 4.98 Å². The number of nitrogens with zero attached hydrogens (tertiary/aromatic N) is 2. The first-order valence-corrected chi connectivity index (χ1v) is 9.45. The molecule has 1 atom stereocenters. The van der Waals surface area contributed by atoms with E-state index in [1.54, 1.807) is 11.3 Å². The van der Waals surface area contributed by atoms with E-state index in [1.807, 2.05) is 30.3 Å². The number of fused-ring (bicyclic) bond motifs is 1. The van der Waals surface area contributed by atoms with Gasteiger partial charge in [0.2, 0.25) is 0 Å². The van der Waals surface area contributed by atoms with Gasteiger partial charge in [0.15, 0.2) is 5.13 Å². The Balaban J connectivity index is 1.58. The summed E-state index contributed by atoms with van der Waals surface area (Å²) in [6.45, 7) is 1.87. The molecule has 5 heteroatoms. The Kier molecular flexibility index (Phi) is 4.44. The van der Waals surface area contributed by atoms with E-state index in [-0.39, 0.29) is 17.8 Å². The molecule has 25 heavy (non-hydrogen) atoms. The molecule has 0 aliphatic carbocycles. The van der Waals surface area contributed by atoms with Gasteiger partial charge < -0.3 is 10.0 Å². The van der Waals surface area contributed by atoms with E-state index in [1.165, 1.54) is 16.8 Å². The van der Waals surface area contributed by atoms with Gasteiger partial charge in [-0.25, -0.2) is 9.37 Å². The van der Waals surface area contributed by atoms with Crippen LogP contribution in [0.2, 0.25) is 0 Å². The molecule has 1 aliphatic heterocycles. The van der Waals surface area contributed by atoms with Gasteiger partial charge in [0.1, 0.15) is 5.82 Å². The van der Waals surface area contributed by atoms with Gasteiger partial charge in [0, 0.05) is 18.5 Å². The number of para-hydroxylation sites is 1. The fourth-order valence-corrected chi connectivity index (χ4v) is 4.72. The quantitative estimate of drug-likeness (QED) is 0.759. The van der Waals surface area contributed by atoms with E-state index in [9.17, 15) is 9.50 Å². The van der Waals surface area contributed by atoms with Crippen LogP contribution in [0.1, 0.15) is 18.4 Å². The molecule has 3 aromatic rings. The summed E-state index contributed by atoms with van der Waals surface area (Å²) in [6.07, 6.45) is 2.76. The summed E-state index contributed by atoms with van der Waals surface area (Å²) >= 11 is 1.71. The van der Waals surface area contributed by atoms with Crippen LogP contribution < -0.4 is 4.90 Å². The summed E-state index contributed by atoms with van der Waals surface area (Å²) in [5, 5.41) is 11.2. The van der Waals surface area contributed by atoms with Crippen LogP contribution in [0, 0.1) is 11.2 Å². The highest BCUT2D eigenvalue weighted by atomic mass is 32.1. The van der Waals surface area contributed by atoms with Gasteiger partial charge in [-0.05, 0) is 49.1 Å². The lowest BCUT2D eigenvalue weighted by molar-refractivity contribution is 0.105. The average molecular weight is 356 g/mol. The molecule has 1 N–H and O–H groups in total. The Bertz CT molecular complexity index is 831. The number of benzene rings is 2. The largest absolute Gasteiger partial charge is 0.396 e. The van der Waals surface area contributed by atoms with E-state index in [0.29, 0.717) is 0 Å². The number of anilines is 1. The predicted molar refractivity (Wildman–Crippen MR) is 101 cm³/mol. The van der Waals surface area contributed by atoms with Crippen molar-refractivity contribution in [1.29, 1.82) is 0 Å². The minimum absolute atomic E-state index is 0.131. The topological polar surface area (TPSA) is 36.4 Å². The molecule has 4 rings (SSSR count). The highest BCUT2D eigenvalue weighted by Gasteiger charge is 2.36. The zero-order valence-corrected chi connectivity index (χ0v) is 14.8. The number of aliphatic hydroxyl groups excluding tert-OH is 1. The van der Waals surface area contributed by atoms with Gasteiger partial charge in [-0.15, -0.1) is 0 Å². The minimum Gasteiger partial charge on any atom is -0.396 e. The molecule has 0 saturated carbocycles. The summed E-state index contributed by atoms with van der Waals surface area (Å²) in [7, 11) is 0. The third-order valence-corrected chi connectivity index (χ3v) is 6.14. The lowest BCUT2D eigenvalue weighted by atomic mass is 9.76. The fourth-order valence-electron chi connectivity index (χ4n) is 3.73. The number of hydrogen-bond acceptors (Lipinski definition) is 4. The first kappa shape index (κ1) is 16.5. The lowest BCUT2D eigenvalue weighted by Crippen LogP contribution is -2.46. The molecule has 1 aliphatic rings. The minimum atomic E-state index is -0.221. The summed E-state index contributed by atoms with van der Waals surface area (Å²) in [5.41, 5.74) is 1.90. The highest BCUT2D eigenvalue weighted by molar-refractivity contribution is 7.22. The molecule has 0 amide bonds. The average Bonchev–Trinajstić information content (AvgIpc) is 3.08. The molecular formula is C20H21FN2OS.